The molecule has 0 amide bonds. The minimum absolute atomic E-state index is 0.0411. The van der Waals surface area contributed by atoms with E-state index in [1.807, 2.05) is 31.2 Å². The maximum atomic E-state index is 12.5. The number of carbonyl (C=O) groups excluding carboxylic acids is 1. The lowest BCUT2D eigenvalue weighted by Gasteiger charge is -2.06. The number of aromatic nitrogens is 2. The Morgan fingerprint density at radius 1 is 1.17 bits per heavy atom. The monoisotopic (exact) mass is 322 g/mol. The third-order valence-electron chi connectivity index (χ3n) is 4.08. The zero-order valence-corrected chi connectivity index (χ0v) is 13.6. The molecule has 1 N–H and O–H groups in total. The number of aromatic amines is 1. The van der Waals surface area contributed by atoms with Crippen LogP contribution in [0.4, 0.5) is 0 Å². The van der Waals surface area contributed by atoms with Crippen molar-refractivity contribution in [2.75, 3.05) is 7.11 Å². The van der Waals surface area contributed by atoms with Crippen LogP contribution in [-0.4, -0.2) is 23.1 Å². The number of nitrogens with zero attached hydrogens (tertiary/aromatic N) is 1. The third kappa shape index (κ3) is 3.20. The van der Waals surface area contributed by atoms with Crippen LogP contribution in [0.15, 0.2) is 47.3 Å². The number of nitrogens with one attached hydrogen (secondary N) is 1. The van der Waals surface area contributed by atoms with Crippen molar-refractivity contribution in [3.8, 4) is 5.75 Å². The molecule has 0 unspecified atom stereocenters. The van der Waals surface area contributed by atoms with Crippen LogP contribution >= 0.6 is 0 Å². The summed E-state index contributed by atoms with van der Waals surface area (Å²) in [5.74, 6) is 0.825. The zero-order valence-electron chi connectivity index (χ0n) is 13.6. The standard InChI is InChI=1S/C19H18N2O3/c1-12-17-11-14(7-8-16(17)19(23)21-20-12)18(22)9-6-13-4-3-5-15(10-13)24-2/h3-5,7-8,10-11H,6,9H2,1-2H3,(H,21,23). The van der Waals surface area contributed by atoms with E-state index >= 15 is 0 Å². The highest BCUT2D eigenvalue weighted by Crippen LogP contribution is 2.18. The predicted molar refractivity (Wildman–Crippen MR) is 92.7 cm³/mol. The summed E-state index contributed by atoms with van der Waals surface area (Å²) in [5.41, 5.74) is 2.11. The summed E-state index contributed by atoms with van der Waals surface area (Å²) in [4.78, 5) is 24.2. The van der Waals surface area contributed by atoms with E-state index in [-0.39, 0.29) is 11.3 Å². The quantitative estimate of drug-likeness (QED) is 0.733. The lowest BCUT2D eigenvalue weighted by molar-refractivity contribution is 0.0983. The van der Waals surface area contributed by atoms with Gasteiger partial charge >= 0.3 is 0 Å². The first kappa shape index (κ1) is 15.9. The SMILES string of the molecule is COc1cccc(CCC(=O)c2ccc3c(=O)[nH]nc(C)c3c2)c1. The van der Waals surface area contributed by atoms with Gasteiger partial charge in [-0.2, -0.15) is 5.10 Å². The Bertz CT molecular complexity index is 960. The molecule has 5 nitrogen and oxygen atoms in total. The van der Waals surface area contributed by atoms with E-state index in [0.717, 1.165) is 11.3 Å². The number of hydrogen-bond acceptors (Lipinski definition) is 4. The first-order chi connectivity index (χ1) is 11.6. The number of methoxy groups -OCH3 is 1. The second kappa shape index (κ2) is 6.66. The Morgan fingerprint density at radius 3 is 2.79 bits per heavy atom. The van der Waals surface area contributed by atoms with Gasteiger partial charge in [-0.15, -0.1) is 0 Å². The zero-order chi connectivity index (χ0) is 17.1. The van der Waals surface area contributed by atoms with Crippen LogP contribution in [0.2, 0.25) is 0 Å². The first-order valence-corrected chi connectivity index (χ1v) is 7.73. The molecule has 24 heavy (non-hydrogen) atoms. The summed E-state index contributed by atoms with van der Waals surface area (Å²) in [6.07, 6.45) is 1.04. The Labute approximate surface area is 139 Å². The van der Waals surface area contributed by atoms with Gasteiger partial charge in [0.15, 0.2) is 5.78 Å². The van der Waals surface area contributed by atoms with E-state index in [1.165, 1.54) is 0 Å². The van der Waals surface area contributed by atoms with Gasteiger partial charge in [-0.1, -0.05) is 18.2 Å². The van der Waals surface area contributed by atoms with Gasteiger partial charge in [0, 0.05) is 17.4 Å². The van der Waals surface area contributed by atoms with Gasteiger partial charge in [0.2, 0.25) is 0 Å². The highest BCUT2D eigenvalue weighted by molar-refractivity contribution is 6.00. The molecule has 3 aromatic rings. The summed E-state index contributed by atoms with van der Waals surface area (Å²) in [6, 6.07) is 12.8. The molecule has 0 atom stereocenters. The van der Waals surface area contributed by atoms with Crippen LogP contribution in [0.5, 0.6) is 5.75 Å². The van der Waals surface area contributed by atoms with Crippen molar-refractivity contribution in [2.45, 2.75) is 19.8 Å². The van der Waals surface area contributed by atoms with Crippen molar-refractivity contribution in [3.05, 3.63) is 69.6 Å². The number of ketones is 1. The lowest BCUT2D eigenvalue weighted by Crippen LogP contribution is -2.10. The molecule has 122 valence electrons. The van der Waals surface area contributed by atoms with Crippen LogP contribution in [0.1, 0.15) is 28.0 Å². The van der Waals surface area contributed by atoms with E-state index < -0.39 is 0 Å². The van der Waals surface area contributed by atoms with Gasteiger partial charge in [0.05, 0.1) is 18.2 Å². The molecule has 3 rings (SSSR count). The summed E-state index contributed by atoms with van der Waals surface area (Å²) < 4.78 is 5.19. The largest absolute Gasteiger partial charge is 0.497 e. The molecule has 2 aromatic carbocycles. The van der Waals surface area contributed by atoms with Crippen molar-refractivity contribution in [3.63, 3.8) is 0 Å². The molecule has 1 aromatic heterocycles. The van der Waals surface area contributed by atoms with Gasteiger partial charge in [-0.25, -0.2) is 5.10 Å². The van der Waals surface area contributed by atoms with Gasteiger partial charge in [-0.3, -0.25) is 9.59 Å². The summed E-state index contributed by atoms with van der Waals surface area (Å²) in [7, 11) is 1.62. The van der Waals surface area contributed by atoms with Crippen LogP contribution < -0.4 is 10.3 Å². The third-order valence-corrected chi connectivity index (χ3v) is 4.08. The molecule has 1 heterocycles. The maximum Gasteiger partial charge on any atom is 0.272 e. The lowest BCUT2D eigenvalue weighted by atomic mass is 10.00. The number of aryl methyl sites for hydroxylation is 2. The van der Waals surface area contributed by atoms with E-state index in [4.69, 9.17) is 4.74 Å². The van der Waals surface area contributed by atoms with Crippen LogP contribution in [-0.2, 0) is 6.42 Å². The van der Waals surface area contributed by atoms with Crippen molar-refractivity contribution in [2.24, 2.45) is 0 Å². The van der Waals surface area contributed by atoms with Gasteiger partial charge in [-0.05, 0) is 43.2 Å². The molecular weight excluding hydrogens is 304 g/mol. The van der Waals surface area contributed by atoms with E-state index in [2.05, 4.69) is 10.2 Å². The van der Waals surface area contributed by atoms with Crippen LogP contribution in [0, 0.1) is 6.92 Å². The second-order valence-corrected chi connectivity index (χ2v) is 5.67. The number of benzene rings is 2. The molecule has 5 heteroatoms. The molecule has 0 spiro atoms. The molecule has 0 fully saturated rings. The molecular formula is C19H18N2O3. The number of rotatable bonds is 5. The maximum absolute atomic E-state index is 12.5. The Balaban J connectivity index is 1.81. The summed E-state index contributed by atoms with van der Waals surface area (Å²) in [5, 5.41) is 7.67. The smallest absolute Gasteiger partial charge is 0.272 e. The second-order valence-electron chi connectivity index (χ2n) is 5.67. The van der Waals surface area contributed by atoms with E-state index in [1.54, 1.807) is 25.3 Å². The number of fused-ring (bicyclic) bond motifs is 1. The normalized spacial score (nSPS) is 10.8. The Morgan fingerprint density at radius 2 is 2.00 bits per heavy atom. The van der Waals surface area contributed by atoms with Crippen LogP contribution in [0.25, 0.3) is 10.8 Å². The highest BCUT2D eigenvalue weighted by Gasteiger charge is 2.10. The van der Waals surface area contributed by atoms with Gasteiger partial charge < -0.3 is 4.74 Å². The average Bonchev–Trinajstić information content (AvgIpc) is 2.62. The number of ether oxygens (including phenoxy) is 1. The molecule has 0 aliphatic heterocycles. The predicted octanol–water partition coefficient (Wildman–Crippen LogP) is 3.06. The number of H-pyrrole nitrogens is 1. The number of Topliss-reactive ketones (excluding diaryl/α,β-unsaturated/α-hetero) is 1. The van der Waals surface area contributed by atoms with Crippen molar-refractivity contribution < 1.29 is 9.53 Å². The Kier molecular flexibility index (Phi) is 4.42. The summed E-state index contributed by atoms with van der Waals surface area (Å²) >= 11 is 0. The molecule has 0 bridgehead atoms. The molecule has 0 radical (unpaired) electrons. The number of hydrogen-bond donors (Lipinski definition) is 1. The highest BCUT2D eigenvalue weighted by atomic mass is 16.5. The molecule has 0 saturated heterocycles. The topological polar surface area (TPSA) is 72.1 Å². The fraction of sp³-hybridized carbons (Fsp3) is 0.211. The first-order valence-electron chi connectivity index (χ1n) is 7.73. The summed E-state index contributed by atoms with van der Waals surface area (Å²) in [6.45, 7) is 1.81. The molecule has 0 aliphatic rings. The fourth-order valence-corrected chi connectivity index (χ4v) is 2.70. The minimum atomic E-state index is -0.244. The van der Waals surface area contributed by atoms with Gasteiger partial charge in [0.1, 0.15) is 5.75 Å². The minimum Gasteiger partial charge on any atom is -0.497 e. The average molecular weight is 322 g/mol. The van der Waals surface area contributed by atoms with E-state index in [9.17, 15) is 9.59 Å². The molecule has 0 saturated carbocycles. The van der Waals surface area contributed by atoms with Crippen LogP contribution in [0.3, 0.4) is 0 Å². The van der Waals surface area contributed by atoms with Crippen molar-refractivity contribution >= 4 is 16.6 Å². The number of carbonyl (C=O) groups is 1. The van der Waals surface area contributed by atoms with Gasteiger partial charge in [0.25, 0.3) is 5.56 Å². The Hall–Kier alpha value is -2.95. The van der Waals surface area contributed by atoms with E-state index in [0.29, 0.717) is 34.9 Å². The molecule has 0 aliphatic carbocycles. The van der Waals surface area contributed by atoms with Crippen molar-refractivity contribution in [1.82, 2.24) is 10.2 Å². The van der Waals surface area contributed by atoms with Crippen molar-refractivity contribution in [1.29, 1.82) is 0 Å². The fourth-order valence-electron chi connectivity index (χ4n) is 2.70.